The summed E-state index contributed by atoms with van der Waals surface area (Å²) in [5.41, 5.74) is 0.246. The van der Waals surface area contributed by atoms with Gasteiger partial charge in [0.15, 0.2) is 5.96 Å². The summed E-state index contributed by atoms with van der Waals surface area (Å²) in [6, 6.07) is 3.41. The van der Waals surface area contributed by atoms with E-state index in [9.17, 15) is 8.78 Å². The van der Waals surface area contributed by atoms with Crippen molar-refractivity contribution in [2.24, 2.45) is 4.99 Å². The second-order valence-corrected chi connectivity index (χ2v) is 5.31. The maximum Gasteiger partial charge on any atom is 0.191 e. The smallest absolute Gasteiger partial charge is 0.191 e. The molecule has 0 atom stereocenters. The minimum atomic E-state index is -0.457. The van der Waals surface area contributed by atoms with Gasteiger partial charge in [0.05, 0.1) is 19.8 Å². The molecule has 0 spiro atoms. The lowest BCUT2D eigenvalue weighted by atomic mass is 10.2. The summed E-state index contributed by atoms with van der Waals surface area (Å²) in [7, 11) is 0. The van der Waals surface area contributed by atoms with Crippen molar-refractivity contribution in [2.45, 2.75) is 13.5 Å². The summed E-state index contributed by atoms with van der Waals surface area (Å²) in [6.45, 7) is 7.79. The molecule has 0 amide bonds. The van der Waals surface area contributed by atoms with E-state index in [0.29, 0.717) is 12.5 Å². The number of nitrogens with zero attached hydrogens (tertiary/aromatic N) is 2. The molecule has 0 aromatic heterocycles. The molecule has 0 bridgehead atoms. The van der Waals surface area contributed by atoms with Crippen LogP contribution in [0.1, 0.15) is 12.5 Å². The third-order valence-electron chi connectivity index (χ3n) is 3.58. The van der Waals surface area contributed by atoms with Gasteiger partial charge in [0, 0.05) is 38.3 Å². The average Bonchev–Trinajstić information content (AvgIpc) is 2.56. The van der Waals surface area contributed by atoms with Crippen LogP contribution >= 0.6 is 0 Å². The van der Waals surface area contributed by atoms with Gasteiger partial charge < -0.3 is 15.4 Å². The number of rotatable bonds is 6. The maximum atomic E-state index is 13.6. The highest BCUT2D eigenvalue weighted by Crippen LogP contribution is 2.10. The predicted octanol–water partition coefficient (Wildman–Crippen LogP) is 1.35. The van der Waals surface area contributed by atoms with Crippen LogP contribution in [-0.4, -0.2) is 56.8 Å². The van der Waals surface area contributed by atoms with E-state index in [-0.39, 0.29) is 12.1 Å². The lowest BCUT2D eigenvalue weighted by Gasteiger charge is -2.26. The molecule has 2 N–H and O–H groups in total. The summed E-state index contributed by atoms with van der Waals surface area (Å²) >= 11 is 0. The highest BCUT2D eigenvalue weighted by molar-refractivity contribution is 5.79. The first kappa shape index (κ1) is 17.6. The average molecular weight is 326 g/mol. The molecule has 1 aromatic carbocycles. The normalized spacial score (nSPS) is 16.4. The Balaban J connectivity index is 1.85. The molecule has 0 saturated carbocycles. The third kappa shape index (κ3) is 6.11. The van der Waals surface area contributed by atoms with E-state index in [0.717, 1.165) is 51.5 Å². The van der Waals surface area contributed by atoms with Crippen molar-refractivity contribution < 1.29 is 13.5 Å². The van der Waals surface area contributed by atoms with Crippen molar-refractivity contribution in [1.29, 1.82) is 0 Å². The molecule has 0 unspecified atom stereocenters. The monoisotopic (exact) mass is 326 g/mol. The van der Waals surface area contributed by atoms with E-state index in [4.69, 9.17) is 4.74 Å². The molecule has 1 saturated heterocycles. The molecule has 23 heavy (non-hydrogen) atoms. The minimum Gasteiger partial charge on any atom is -0.379 e. The highest BCUT2D eigenvalue weighted by Gasteiger charge is 2.10. The van der Waals surface area contributed by atoms with Gasteiger partial charge >= 0.3 is 0 Å². The van der Waals surface area contributed by atoms with Gasteiger partial charge in [0.25, 0.3) is 0 Å². The third-order valence-corrected chi connectivity index (χ3v) is 3.58. The quantitative estimate of drug-likeness (QED) is 0.612. The Morgan fingerprint density at radius 2 is 2.04 bits per heavy atom. The predicted molar refractivity (Wildman–Crippen MR) is 86.4 cm³/mol. The summed E-state index contributed by atoms with van der Waals surface area (Å²) in [4.78, 5) is 6.62. The lowest BCUT2D eigenvalue weighted by molar-refractivity contribution is 0.0389. The van der Waals surface area contributed by atoms with Crippen LogP contribution in [0.15, 0.2) is 23.2 Å². The van der Waals surface area contributed by atoms with Crippen molar-refractivity contribution in [3.8, 4) is 0 Å². The Morgan fingerprint density at radius 3 is 2.78 bits per heavy atom. The standard InChI is InChI=1S/C16H24F2N4O/c1-2-19-16(20-5-6-22-7-9-23-10-8-22)21-12-13-11-14(17)3-4-15(13)18/h3-4,11H,2,5-10,12H2,1H3,(H2,19,20,21). The molecule has 0 aliphatic carbocycles. The molecule has 1 aliphatic rings. The van der Waals surface area contributed by atoms with Crippen molar-refractivity contribution in [1.82, 2.24) is 15.5 Å². The van der Waals surface area contributed by atoms with Gasteiger partial charge in [-0.25, -0.2) is 13.8 Å². The van der Waals surface area contributed by atoms with Crippen LogP contribution in [0.2, 0.25) is 0 Å². The highest BCUT2D eigenvalue weighted by atomic mass is 19.1. The molecule has 128 valence electrons. The van der Waals surface area contributed by atoms with Crippen molar-refractivity contribution in [3.05, 3.63) is 35.4 Å². The first-order valence-electron chi connectivity index (χ1n) is 7.95. The topological polar surface area (TPSA) is 48.9 Å². The summed E-state index contributed by atoms with van der Waals surface area (Å²) in [5, 5.41) is 6.32. The Bertz CT molecular complexity index is 519. The van der Waals surface area contributed by atoms with Crippen LogP contribution in [0.4, 0.5) is 8.78 Å². The molecule has 1 aromatic rings. The fourth-order valence-corrected chi connectivity index (χ4v) is 2.33. The maximum absolute atomic E-state index is 13.6. The van der Waals surface area contributed by atoms with E-state index in [1.54, 1.807) is 0 Å². The largest absolute Gasteiger partial charge is 0.379 e. The van der Waals surface area contributed by atoms with E-state index >= 15 is 0 Å². The molecular weight excluding hydrogens is 302 g/mol. The number of hydrogen-bond acceptors (Lipinski definition) is 3. The summed E-state index contributed by atoms with van der Waals surface area (Å²) in [5.74, 6) is -0.300. The van der Waals surface area contributed by atoms with E-state index in [1.165, 1.54) is 6.07 Å². The molecule has 1 fully saturated rings. The van der Waals surface area contributed by atoms with Crippen LogP contribution in [0, 0.1) is 11.6 Å². The van der Waals surface area contributed by atoms with Gasteiger partial charge in [0.1, 0.15) is 11.6 Å². The van der Waals surface area contributed by atoms with Crippen LogP contribution in [0.25, 0.3) is 0 Å². The Hall–Kier alpha value is -1.73. The number of aliphatic imine (C=N–C) groups is 1. The van der Waals surface area contributed by atoms with E-state index in [2.05, 4.69) is 20.5 Å². The number of hydrogen-bond donors (Lipinski definition) is 2. The second-order valence-electron chi connectivity index (χ2n) is 5.31. The Kier molecular flexibility index (Phi) is 7.22. The zero-order valence-electron chi connectivity index (χ0n) is 13.4. The van der Waals surface area contributed by atoms with Gasteiger partial charge in [-0.15, -0.1) is 0 Å². The van der Waals surface area contributed by atoms with Gasteiger partial charge in [0.2, 0.25) is 0 Å². The van der Waals surface area contributed by atoms with Gasteiger partial charge in [-0.3, -0.25) is 4.90 Å². The molecule has 5 nitrogen and oxygen atoms in total. The summed E-state index contributed by atoms with van der Waals surface area (Å²) in [6.07, 6.45) is 0. The van der Waals surface area contributed by atoms with Gasteiger partial charge in [-0.05, 0) is 25.1 Å². The fourth-order valence-electron chi connectivity index (χ4n) is 2.33. The van der Waals surface area contributed by atoms with Crippen LogP contribution in [0.3, 0.4) is 0 Å². The number of morpholine rings is 1. The van der Waals surface area contributed by atoms with Gasteiger partial charge in [-0.1, -0.05) is 0 Å². The second kappa shape index (κ2) is 9.42. The zero-order chi connectivity index (χ0) is 16.5. The zero-order valence-corrected chi connectivity index (χ0v) is 13.4. The summed E-state index contributed by atoms with van der Waals surface area (Å²) < 4.78 is 32.1. The molecule has 0 radical (unpaired) electrons. The first-order chi connectivity index (χ1) is 11.2. The molecule has 2 rings (SSSR count). The number of nitrogens with one attached hydrogen (secondary N) is 2. The number of ether oxygens (including phenoxy) is 1. The molecule has 1 heterocycles. The van der Waals surface area contributed by atoms with Crippen LogP contribution < -0.4 is 10.6 Å². The Morgan fingerprint density at radius 1 is 1.26 bits per heavy atom. The first-order valence-corrected chi connectivity index (χ1v) is 7.95. The SMILES string of the molecule is CCNC(=NCc1cc(F)ccc1F)NCCN1CCOCC1. The van der Waals surface area contributed by atoms with Gasteiger partial charge in [-0.2, -0.15) is 0 Å². The fraction of sp³-hybridized carbons (Fsp3) is 0.562. The Labute approximate surface area is 135 Å². The van der Waals surface area contributed by atoms with Crippen molar-refractivity contribution in [3.63, 3.8) is 0 Å². The minimum absolute atomic E-state index is 0.0937. The van der Waals surface area contributed by atoms with Crippen LogP contribution in [-0.2, 0) is 11.3 Å². The number of halogens is 2. The van der Waals surface area contributed by atoms with E-state index < -0.39 is 11.6 Å². The molecular formula is C16H24F2N4O. The molecule has 7 heteroatoms. The van der Waals surface area contributed by atoms with Crippen molar-refractivity contribution >= 4 is 5.96 Å². The molecule has 1 aliphatic heterocycles. The van der Waals surface area contributed by atoms with Crippen LogP contribution in [0.5, 0.6) is 0 Å². The number of benzene rings is 1. The van der Waals surface area contributed by atoms with Crippen molar-refractivity contribution in [2.75, 3.05) is 45.9 Å². The number of guanidine groups is 1. The van der Waals surface area contributed by atoms with E-state index in [1.807, 2.05) is 6.92 Å². The lowest BCUT2D eigenvalue weighted by Crippen LogP contribution is -2.44.